The van der Waals surface area contributed by atoms with Gasteiger partial charge in [0.2, 0.25) is 0 Å². The molecule has 0 spiro atoms. The lowest BCUT2D eigenvalue weighted by Crippen LogP contribution is -2.40. The van der Waals surface area contributed by atoms with Crippen molar-refractivity contribution in [2.45, 2.75) is 37.1 Å². The second-order valence-electron chi connectivity index (χ2n) is 9.67. The van der Waals surface area contributed by atoms with Crippen molar-refractivity contribution in [3.63, 3.8) is 0 Å². The first kappa shape index (κ1) is 29.3. The molecule has 0 radical (unpaired) electrons. The summed E-state index contributed by atoms with van der Waals surface area (Å²) in [6.45, 7) is 6.26. The highest BCUT2D eigenvalue weighted by molar-refractivity contribution is 7.99. The van der Waals surface area contributed by atoms with Crippen LogP contribution in [-0.4, -0.2) is 33.7 Å². The monoisotopic (exact) mass is 624 g/mol. The maximum Gasteiger partial charge on any atom is 0.338 e. The normalized spacial score (nSPS) is 14.7. The minimum absolute atomic E-state index is 0.178. The number of thiazole rings is 1. The van der Waals surface area contributed by atoms with E-state index in [0.717, 1.165) is 16.8 Å². The standard InChI is InChI=1S/C33H28N4O5S2/c1-4-40-23-13-11-22(12-14-23)29-27(31(39)41-5-2)28(21-9-7-6-8-10-21)36-33-37(29)30(38)25(43-33)19-24-15-16-26(42-24)44-32-34-18-17-20(3)35-32/h6-19,29H,4-5H2,1-3H3/b25-19-/t29-/m1/s1. The van der Waals surface area contributed by atoms with Crippen molar-refractivity contribution < 1.29 is 18.7 Å². The average Bonchev–Trinajstić information content (AvgIpc) is 3.60. The van der Waals surface area contributed by atoms with Crippen LogP contribution in [-0.2, 0) is 9.53 Å². The molecule has 44 heavy (non-hydrogen) atoms. The predicted molar refractivity (Wildman–Crippen MR) is 168 cm³/mol. The molecule has 0 N–H and O–H groups in total. The lowest BCUT2D eigenvalue weighted by Gasteiger charge is -2.26. The number of carbonyl (C=O) groups is 1. The number of esters is 1. The van der Waals surface area contributed by atoms with E-state index < -0.39 is 12.0 Å². The lowest BCUT2D eigenvalue weighted by molar-refractivity contribution is -0.138. The molecule has 0 amide bonds. The highest BCUT2D eigenvalue weighted by Crippen LogP contribution is 2.36. The van der Waals surface area contributed by atoms with Crippen LogP contribution in [0.1, 0.15) is 42.5 Å². The smallest absolute Gasteiger partial charge is 0.338 e. The summed E-state index contributed by atoms with van der Waals surface area (Å²) in [6.07, 6.45) is 3.39. The molecule has 5 aromatic rings. The molecule has 222 valence electrons. The largest absolute Gasteiger partial charge is 0.494 e. The molecule has 0 saturated carbocycles. The molecule has 9 nitrogen and oxygen atoms in total. The molecule has 2 aromatic carbocycles. The summed E-state index contributed by atoms with van der Waals surface area (Å²) in [5.74, 6) is 0.654. The molecule has 4 heterocycles. The minimum Gasteiger partial charge on any atom is -0.494 e. The highest BCUT2D eigenvalue weighted by atomic mass is 32.2. The molecule has 11 heteroatoms. The first-order valence-electron chi connectivity index (χ1n) is 14.0. The Morgan fingerprint density at radius 2 is 1.84 bits per heavy atom. The van der Waals surface area contributed by atoms with Gasteiger partial charge < -0.3 is 13.9 Å². The number of furan rings is 1. The third-order valence-electron chi connectivity index (χ3n) is 6.72. The molecule has 0 aliphatic carbocycles. The fourth-order valence-electron chi connectivity index (χ4n) is 4.83. The van der Waals surface area contributed by atoms with Crippen LogP contribution in [0.25, 0.3) is 11.8 Å². The Bertz CT molecular complexity index is 2030. The fraction of sp³-hybridized carbons (Fsp3) is 0.182. The Hall–Kier alpha value is -4.74. The number of aryl methyl sites for hydroxylation is 1. The minimum atomic E-state index is -0.778. The van der Waals surface area contributed by atoms with Gasteiger partial charge in [-0.25, -0.2) is 19.8 Å². The van der Waals surface area contributed by atoms with Crippen molar-refractivity contribution >= 4 is 40.8 Å². The Labute approximate surface area is 261 Å². The maximum absolute atomic E-state index is 14.1. The summed E-state index contributed by atoms with van der Waals surface area (Å²) in [6, 6.07) is 21.5. The van der Waals surface area contributed by atoms with Crippen LogP contribution >= 0.6 is 23.1 Å². The van der Waals surface area contributed by atoms with Crippen LogP contribution in [0.15, 0.2) is 109 Å². The second kappa shape index (κ2) is 12.9. The Morgan fingerprint density at radius 3 is 2.57 bits per heavy atom. The first-order chi connectivity index (χ1) is 21.4. The highest BCUT2D eigenvalue weighted by Gasteiger charge is 2.35. The third kappa shape index (κ3) is 6.01. The van der Waals surface area contributed by atoms with Crippen LogP contribution < -0.4 is 19.6 Å². The van der Waals surface area contributed by atoms with Crippen LogP contribution in [0.3, 0.4) is 0 Å². The third-order valence-corrected chi connectivity index (χ3v) is 8.50. The molecule has 1 atom stereocenters. The number of ether oxygens (including phenoxy) is 2. The van der Waals surface area contributed by atoms with E-state index in [0.29, 0.717) is 43.4 Å². The number of nitrogens with zero attached hydrogens (tertiary/aromatic N) is 4. The van der Waals surface area contributed by atoms with Gasteiger partial charge >= 0.3 is 5.97 Å². The number of hydrogen-bond donors (Lipinski definition) is 0. The van der Waals surface area contributed by atoms with Gasteiger partial charge in [0.1, 0.15) is 11.5 Å². The van der Waals surface area contributed by atoms with Gasteiger partial charge in [-0.1, -0.05) is 53.8 Å². The number of carbonyl (C=O) groups excluding carboxylic acids is 1. The van der Waals surface area contributed by atoms with Crippen LogP contribution in [0.4, 0.5) is 0 Å². The number of benzene rings is 2. The summed E-state index contributed by atoms with van der Waals surface area (Å²) in [4.78, 5) is 41.7. The van der Waals surface area contributed by atoms with Gasteiger partial charge in [-0.05, 0) is 68.4 Å². The summed E-state index contributed by atoms with van der Waals surface area (Å²) in [5, 5.41) is 1.17. The van der Waals surface area contributed by atoms with Crippen LogP contribution in [0.5, 0.6) is 5.75 Å². The van der Waals surface area contributed by atoms with E-state index in [-0.39, 0.29) is 17.7 Å². The number of aromatic nitrogens is 3. The van der Waals surface area contributed by atoms with E-state index in [1.165, 1.54) is 23.1 Å². The van der Waals surface area contributed by atoms with E-state index >= 15 is 0 Å². The van der Waals surface area contributed by atoms with Gasteiger partial charge in [-0.3, -0.25) is 9.36 Å². The van der Waals surface area contributed by atoms with E-state index in [4.69, 9.17) is 18.9 Å². The van der Waals surface area contributed by atoms with Gasteiger partial charge in [0.15, 0.2) is 15.1 Å². The summed E-state index contributed by atoms with van der Waals surface area (Å²) >= 11 is 2.53. The second-order valence-corrected chi connectivity index (χ2v) is 11.7. The van der Waals surface area contributed by atoms with E-state index in [1.54, 1.807) is 29.8 Å². The predicted octanol–water partition coefficient (Wildman–Crippen LogP) is 5.18. The zero-order chi connectivity index (χ0) is 30.6. The van der Waals surface area contributed by atoms with Gasteiger partial charge in [0.25, 0.3) is 5.56 Å². The molecule has 1 aliphatic heterocycles. The van der Waals surface area contributed by atoms with Crippen molar-refractivity contribution in [1.82, 2.24) is 14.5 Å². The number of fused-ring (bicyclic) bond motifs is 1. The fourth-order valence-corrected chi connectivity index (χ4v) is 6.57. The van der Waals surface area contributed by atoms with Gasteiger partial charge in [-0.2, -0.15) is 0 Å². The summed E-state index contributed by atoms with van der Waals surface area (Å²) in [7, 11) is 0. The van der Waals surface area contributed by atoms with Crippen molar-refractivity contribution in [2.75, 3.05) is 13.2 Å². The molecule has 0 saturated heterocycles. The van der Waals surface area contributed by atoms with Crippen LogP contribution in [0, 0.1) is 6.92 Å². The molecular formula is C33H28N4O5S2. The maximum atomic E-state index is 14.1. The molecule has 0 unspecified atom stereocenters. The summed E-state index contributed by atoms with van der Waals surface area (Å²) < 4.78 is 19.2. The molecule has 3 aromatic heterocycles. The molecule has 0 fully saturated rings. The van der Waals surface area contributed by atoms with Gasteiger partial charge in [0.05, 0.1) is 35.1 Å². The number of hydrogen-bond acceptors (Lipinski definition) is 10. The van der Waals surface area contributed by atoms with Crippen LogP contribution in [0.2, 0.25) is 0 Å². The Balaban J connectivity index is 1.50. The molecule has 6 rings (SSSR count). The SMILES string of the molecule is CCOC(=O)C1=C(c2ccccc2)N=c2s/c(=C\c3ccc(Sc4nccc(C)n4)o3)c(=O)n2[C@@H]1c1ccc(OCC)cc1. The zero-order valence-corrected chi connectivity index (χ0v) is 25.9. The lowest BCUT2D eigenvalue weighted by atomic mass is 9.93. The van der Waals surface area contributed by atoms with E-state index in [1.807, 2.05) is 80.6 Å². The zero-order valence-electron chi connectivity index (χ0n) is 24.2. The molecular weight excluding hydrogens is 597 g/mol. The number of rotatable bonds is 9. The van der Waals surface area contributed by atoms with Crippen molar-refractivity contribution in [3.8, 4) is 5.75 Å². The Morgan fingerprint density at radius 1 is 1.05 bits per heavy atom. The van der Waals surface area contributed by atoms with Crippen molar-refractivity contribution in [3.05, 3.63) is 127 Å². The van der Waals surface area contributed by atoms with Gasteiger partial charge in [0, 0.05) is 23.5 Å². The van der Waals surface area contributed by atoms with E-state index in [9.17, 15) is 9.59 Å². The molecule has 0 bridgehead atoms. The van der Waals surface area contributed by atoms with Crippen molar-refractivity contribution in [2.24, 2.45) is 4.99 Å². The van der Waals surface area contributed by atoms with Crippen molar-refractivity contribution in [1.29, 1.82) is 0 Å². The summed E-state index contributed by atoms with van der Waals surface area (Å²) in [5.41, 5.74) is 2.78. The quantitative estimate of drug-likeness (QED) is 0.163. The topological polar surface area (TPSA) is 109 Å². The first-order valence-corrected chi connectivity index (χ1v) is 15.7. The molecule has 1 aliphatic rings. The van der Waals surface area contributed by atoms with Gasteiger partial charge in [-0.15, -0.1) is 0 Å². The Kier molecular flexibility index (Phi) is 8.58. The average molecular weight is 625 g/mol. The van der Waals surface area contributed by atoms with E-state index in [2.05, 4.69) is 9.97 Å².